The van der Waals surface area contributed by atoms with Crippen LogP contribution in [0.15, 0.2) is 36.5 Å². The van der Waals surface area contributed by atoms with Crippen LogP contribution < -0.4 is 5.73 Å². The van der Waals surface area contributed by atoms with Crippen LogP contribution in [0.3, 0.4) is 0 Å². The summed E-state index contributed by atoms with van der Waals surface area (Å²) in [6.07, 6.45) is 2.68. The number of carbonyl (C=O) groups excluding carboxylic acids is 1. The van der Waals surface area contributed by atoms with E-state index in [1.165, 1.54) is 6.20 Å². The van der Waals surface area contributed by atoms with Crippen molar-refractivity contribution in [3.8, 4) is 11.3 Å². The molecule has 2 heterocycles. The molecule has 148 valence electrons. The Kier molecular flexibility index (Phi) is 5.89. The minimum atomic E-state index is -0.881. The summed E-state index contributed by atoms with van der Waals surface area (Å²) in [6, 6.07) is 9.38. The lowest BCUT2D eigenvalue weighted by atomic mass is 10.0. The average molecular weight is 383 g/mol. The van der Waals surface area contributed by atoms with E-state index in [-0.39, 0.29) is 24.4 Å². The van der Waals surface area contributed by atoms with E-state index in [2.05, 4.69) is 9.97 Å². The quantitative estimate of drug-likeness (QED) is 0.824. The molecule has 1 amide bonds. The molecule has 0 saturated carbocycles. The monoisotopic (exact) mass is 383 g/mol. The lowest BCUT2D eigenvalue weighted by molar-refractivity contribution is -0.142. The van der Waals surface area contributed by atoms with Gasteiger partial charge in [0.05, 0.1) is 17.2 Å². The van der Waals surface area contributed by atoms with Gasteiger partial charge in [-0.3, -0.25) is 9.59 Å². The molecule has 1 fully saturated rings. The first-order valence-corrected chi connectivity index (χ1v) is 9.23. The van der Waals surface area contributed by atoms with Crippen molar-refractivity contribution in [1.29, 1.82) is 0 Å². The fourth-order valence-electron chi connectivity index (χ4n) is 3.50. The number of amides is 1. The van der Waals surface area contributed by atoms with Gasteiger partial charge in [0.15, 0.2) is 0 Å². The Morgan fingerprint density at radius 3 is 2.54 bits per heavy atom. The van der Waals surface area contributed by atoms with Crippen LogP contribution in [0.2, 0.25) is 0 Å². The van der Waals surface area contributed by atoms with E-state index in [0.29, 0.717) is 24.2 Å². The normalized spacial score (nSPS) is 20.0. The topological polar surface area (TPSA) is 113 Å². The Morgan fingerprint density at radius 1 is 1.18 bits per heavy atom. The second-order valence-electron chi connectivity index (χ2n) is 7.30. The highest BCUT2D eigenvalue weighted by Gasteiger charge is 2.33. The summed E-state index contributed by atoms with van der Waals surface area (Å²) in [5.41, 5.74) is 7.30. The molecule has 1 aliphatic heterocycles. The van der Waals surface area contributed by atoms with Crippen molar-refractivity contribution in [2.24, 2.45) is 5.92 Å². The molecule has 1 aliphatic rings. The van der Waals surface area contributed by atoms with Crippen LogP contribution in [-0.4, -0.2) is 70.0 Å². The first kappa shape index (κ1) is 19.8. The lowest BCUT2D eigenvalue weighted by Crippen LogP contribution is -2.43. The molecule has 0 bridgehead atoms. The molecule has 28 heavy (non-hydrogen) atoms. The van der Waals surface area contributed by atoms with Crippen LogP contribution in [0.4, 0.5) is 5.95 Å². The third kappa shape index (κ3) is 4.28. The van der Waals surface area contributed by atoms with Crippen LogP contribution >= 0.6 is 0 Å². The fourth-order valence-corrected chi connectivity index (χ4v) is 3.50. The van der Waals surface area contributed by atoms with E-state index >= 15 is 0 Å². The van der Waals surface area contributed by atoms with Gasteiger partial charge in [-0.05, 0) is 26.9 Å². The Balaban J connectivity index is 1.98. The number of nitrogen functional groups attached to an aromatic ring is 1. The second kappa shape index (κ2) is 8.35. The second-order valence-corrected chi connectivity index (χ2v) is 7.30. The number of rotatable bonds is 4. The van der Waals surface area contributed by atoms with E-state index in [1.54, 1.807) is 4.90 Å². The van der Waals surface area contributed by atoms with Gasteiger partial charge in [0.1, 0.15) is 0 Å². The van der Waals surface area contributed by atoms with Crippen molar-refractivity contribution in [2.75, 3.05) is 32.9 Å². The highest BCUT2D eigenvalue weighted by atomic mass is 16.4. The van der Waals surface area contributed by atoms with Gasteiger partial charge in [0, 0.05) is 30.9 Å². The van der Waals surface area contributed by atoms with Gasteiger partial charge in [0.25, 0.3) is 5.91 Å². The molecule has 0 aliphatic carbocycles. The molecule has 3 N–H and O–H groups in total. The number of carbonyl (C=O) groups is 2. The zero-order valence-corrected chi connectivity index (χ0v) is 16.1. The van der Waals surface area contributed by atoms with Crippen molar-refractivity contribution in [3.63, 3.8) is 0 Å². The van der Waals surface area contributed by atoms with Crippen LogP contribution in [0.5, 0.6) is 0 Å². The van der Waals surface area contributed by atoms with Crippen molar-refractivity contribution in [2.45, 2.75) is 18.9 Å². The number of aliphatic carboxylic acids is 1. The molecule has 1 saturated heterocycles. The zero-order valence-electron chi connectivity index (χ0n) is 16.1. The number of hydrogen-bond acceptors (Lipinski definition) is 6. The van der Waals surface area contributed by atoms with Gasteiger partial charge in [0.2, 0.25) is 5.95 Å². The van der Waals surface area contributed by atoms with Crippen molar-refractivity contribution < 1.29 is 14.7 Å². The zero-order chi connectivity index (χ0) is 20.3. The smallest absolute Gasteiger partial charge is 0.308 e. The highest BCUT2D eigenvalue weighted by molar-refractivity contribution is 6.00. The Bertz CT molecular complexity index is 856. The van der Waals surface area contributed by atoms with E-state index < -0.39 is 11.9 Å². The molecule has 0 unspecified atom stereocenters. The summed E-state index contributed by atoms with van der Waals surface area (Å²) in [5.74, 6) is -1.67. The molecule has 2 atom stereocenters. The molecule has 2 aromatic rings. The fraction of sp³-hybridized carbons (Fsp3) is 0.400. The number of aromatic nitrogens is 2. The number of carboxylic acids is 1. The van der Waals surface area contributed by atoms with E-state index in [4.69, 9.17) is 5.73 Å². The summed E-state index contributed by atoms with van der Waals surface area (Å²) >= 11 is 0. The van der Waals surface area contributed by atoms with Gasteiger partial charge in [-0.1, -0.05) is 30.3 Å². The molecule has 1 aromatic heterocycles. The molecule has 8 heteroatoms. The summed E-state index contributed by atoms with van der Waals surface area (Å²) in [6.45, 7) is 0.616. The largest absolute Gasteiger partial charge is 0.481 e. The van der Waals surface area contributed by atoms with E-state index in [9.17, 15) is 14.7 Å². The minimum absolute atomic E-state index is 0.0841. The van der Waals surface area contributed by atoms with Crippen LogP contribution in [0.25, 0.3) is 11.3 Å². The molecule has 3 rings (SSSR count). The van der Waals surface area contributed by atoms with Gasteiger partial charge >= 0.3 is 5.97 Å². The summed E-state index contributed by atoms with van der Waals surface area (Å²) in [5, 5.41) is 9.53. The summed E-state index contributed by atoms with van der Waals surface area (Å²) in [7, 11) is 3.88. The third-order valence-corrected chi connectivity index (χ3v) is 5.17. The van der Waals surface area contributed by atoms with Gasteiger partial charge in [-0.15, -0.1) is 0 Å². The number of anilines is 1. The van der Waals surface area contributed by atoms with Gasteiger partial charge in [-0.2, -0.15) is 0 Å². The van der Waals surface area contributed by atoms with Crippen molar-refractivity contribution >= 4 is 17.8 Å². The van der Waals surface area contributed by atoms with Crippen molar-refractivity contribution in [1.82, 2.24) is 19.8 Å². The van der Waals surface area contributed by atoms with Crippen LogP contribution in [0.1, 0.15) is 23.2 Å². The number of nitrogens with zero attached hydrogens (tertiary/aromatic N) is 4. The Hall–Kier alpha value is -3.00. The maximum Gasteiger partial charge on any atom is 0.308 e. The molecule has 1 aromatic carbocycles. The van der Waals surface area contributed by atoms with E-state index in [1.807, 2.05) is 49.3 Å². The highest BCUT2D eigenvalue weighted by Crippen LogP contribution is 2.26. The number of likely N-dealkylation sites (tertiary alicyclic amines) is 1. The summed E-state index contributed by atoms with van der Waals surface area (Å²) in [4.78, 5) is 36.9. The first-order valence-electron chi connectivity index (χ1n) is 9.23. The Labute approximate surface area is 164 Å². The number of hydrogen-bond donors (Lipinski definition) is 2. The summed E-state index contributed by atoms with van der Waals surface area (Å²) < 4.78 is 0. The lowest BCUT2D eigenvalue weighted by Gasteiger charge is -2.29. The standard InChI is InChI=1S/C20H25N5O3/c1-24(2)15-9-8-14(19(27)28)11-25(12-15)18(26)16-10-22-20(21)23-17(16)13-6-4-3-5-7-13/h3-7,10,14-15H,8-9,11-12H2,1-2H3,(H,27,28)(H2,21,22,23)/t14-,15+/m0/s1. The van der Waals surface area contributed by atoms with Gasteiger partial charge < -0.3 is 20.6 Å². The van der Waals surface area contributed by atoms with Crippen LogP contribution in [0, 0.1) is 5.92 Å². The number of likely N-dealkylation sites (N-methyl/N-ethyl adjacent to an activating group) is 1. The molecule has 0 radical (unpaired) electrons. The van der Waals surface area contributed by atoms with Crippen LogP contribution in [-0.2, 0) is 4.79 Å². The maximum absolute atomic E-state index is 13.4. The minimum Gasteiger partial charge on any atom is -0.481 e. The number of benzene rings is 1. The molecular formula is C20H25N5O3. The average Bonchev–Trinajstić information content (AvgIpc) is 2.92. The number of nitrogens with two attached hydrogens (primary N) is 1. The van der Waals surface area contributed by atoms with E-state index in [0.717, 1.165) is 12.0 Å². The Morgan fingerprint density at radius 2 is 1.89 bits per heavy atom. The van der Waals surface area contributed by atoms with Gasteiger partial charge in [-0.25, -0.2) is 9.97 Å². The first-order chi connectivity index (χ1) is 13.4. The predicted molar refractivity (Wildman–Crippen MR) is 106 cm³/mol. The number of carboxylic acid groups (broad SMARTS) is 1. The molecule has 0 spiro atoms. The molecular weight excluding hydrogens is 358 g/mol. The molecule has 8 nitrogen and oxygen atoms in total. The SMILES string of the molecule is CN(C)[C@@H]1CC[C@H](C(=O)O)CN(C(=O)c2cnc(N)nc2-c2ccccc2)C1. The maximum atomic E-state index is 13.4. The predicted octanol–water partition coefficient (Wildman–Crippen LogP) is 1.59. The third-order valence-electron chi connectivity index (χ3n) is 5.17. The van der Waals surface area contributed by atoms with Crippen molar-refractivity contribution in [3.05, 3.63) is 42.1 Å².